The quantitative estimate of drug-likeness (QED) is 0.841. The number of benzene rings is 2. The van der Waals surface area contributed by atoms with Gasteiger partial charge < -0.3 is 15.4 Å². The molecule has 0 saturated heterocycles. The first-order valence-electron chi connectivity index (χ1n) is 7.36. The van der Waals surface area contributed by atoms with Crippen LogP contribution in [0.3, 0.4) is 0 Å². The SMILES string of the molecule is COC(=O)c1ccccc1NC(=O)NC(C)(C)c1ccc(F)cc1. The molecule has 2 aromatic carbocycles. The Balaban J connectivity index is 2.13. The zero-order chi connectivity index (χ0) is 17.7. The molecule has 2 aromatic rings. The highest BCUT2D eigenvalue weighted by atomic mass is 19.1. The largest absolute Gasteiger partial charge is 0.465 e. The van der Waals surface area contributed by atoms with E-state index in [0.717, 1.165) is 5.56 Å². The Morgan fingerprint density at radius 1 is 1.04 bits per heavy atom. The summed E-state index contributed by atoms with van der Waals surface area (Å²) in [5, 5.41) is 5.44. The Kier molecular flexibility index (Phi) is 5.18. The summed E-state index contributed by atoms with van der Waals surface area (Å²) >= 11 is 0. The van der Waals surface area contributed by atoms with E-state index in [1.807, 2.05) is 0 Å². The molecule has 0 aromatic heterocycles. The Morgan fingerprint density at radius 3 is 2.29 bits per heavy atom. The molecule has 0 bridgehead atoms. The Hall–Kier alpha value is -2.89. The Bertz CT molecular complexity index is 742. The molecule has 0 radical (unpaired) electrons. The van der Waals surface area contributed by atoms with E-state index < -0.39 is 17.5 Å². The van der Waals surface area contributed by atoms with Gasteiger partial charge in [0.15, 0.2) is 0 Å². The lowest BCUT2D eigenvalue weighted by Gasteiger charge is -2.27. The first-order chi connectivity index (χ1) is 11.3. The molecular formula is C18H19FN2O3. The van der Waals surface area contributed by atoms with Crippen LogP contribution in [0, 0.1) is 5.82 Å². The highest BCUT2D eigenvalue weighted by molar-refractivity contribution is 6.00. The van der Waals surface area contributed by atoms with Crippen LogP contribution in [0.1, 0.15) is 29.8 Å². The summed E-state index contributed by atoms with van der Waals surface area (Å²) in [5.74, 6) is -0.880. The molecule has 0 atom stereocenters. The molecule has 0 saturated carbocycles. The predicted molar refractivity (Wildman–Crippen MR) is 89.4 cm³/mol. The fraction of sp³-hybridized carbons (Fsp3) is 0.222. The summed E-state index contributed by atoms with van der Waals surface area (Å²) in [4.78, 5) is 24.0. The summed E-state index contributed by atoms with van der Waals surface area (Å²) in [6, 6.07) is 12.0. The summed E-state index contributed by atoms with van der Waals surface area (Å²) < 4.78 is 17.7. The van der Waals surface area contributed by atoms with Crippen molar-refractivity contribution in [3.8, 4) is 0 Å². The lowest BCUT2D eigenvalue weighted by atomic mass is 9.94. The third-order valence-electron chi connectivity index (χ3n) is 3.57. The Morgan fingerprint density at radius 2 is 1.67 bits per heavy atom. The summed E-state index contributed by atoms with van der Waals surface area (Å²) in [7, 11) is 1.27. The summed E-state index contributed by atoms with van der Waals surface area (Å²) in [6.45, 7) is 3.60. The number of hydrogen-bond donors (Lipinski definition) is 2. The average Bonchev–Trinajstić information content (AvgIpc) is 2.54. The van der Waals surface area contributed by atoms with Gasteiger partial charge in [0, 0.05) is 0 Å². The molecule has 24 heavy (non-hydrogen) atoms. The van der Waals surface area contributed by atoms with Gasteiger partial charge in [-0.15, -0.1) is 0 Å². The van der Waals surface area contributed by atoms with E-state index >= 15 is 0 Å². The first-order valence-corrected chi connectivity index (χ1v) is 7.36. The van der Waals surface area contributed by atoms with Crippen LogP contribution < -0.4 is 10.6 Å². The minimum absolute atomic E-state index is 0.259. The zero-order valence-electron chi connectivity index (χ0n) is 13.7. The van der Waals surface area contributed by atoms with Crippen LogP contribution in [0.4, 0.5) is 14.9 Å². The maximum Gasteiger partial charge on any atom is 0.339 e. The zero-order valence-corrected chi connectivity index (χ0v) is 13.7. The van der Waals surface area contributed by atoms with Crippen LogP contribution in [0.25, 0.3) is 0 Å². The Labute approximate surface area is 139 Å². The van der Waals surface area contributed by atoms with Gasteiger partial charge in [-0.3, -0.25) is 0 Å². The van der Waals surface area contributed by atoms with E-state index in [2.05, 4.69) is 10.6 Å². The van der Waals surface area contributed by atoms with Crippen LogP contribution in [0.5, 0.6) is 0 Å². The number of esters is 1. The van der Waals surface area contributed by atoms with Crippen molar-refractivity contribution >= 4 is 17.7 Å². The van der Waals surface area contributed by atoms with Crippen molar-refractivity contribution in [3.05, 3.63) is 65.5 Å². The van der Waals surface area contributed by atoms with E-state index in [1.165, 1.54) is 19.2 Å². The van der Waals surface area contributed by atoms with Gasteiger partial charge in [-0.1, -0.05) is 24.3 Å². The number of carbonyl (C=O) groups excluding carboxylic acids is 2. The lowest BCUT2D eigenvalue weighted by Crippen LogP contribution is -2.43. The number of methoxy groups -OCH3 is 1. The molecular weight excluding hydrogens is 311 g/mol. The number of halogens is 1. The number of anilines is 1. The van der Waals surface area contributed by atoms with Crippen molar-refractivity contribution in [3.63, 3.8) is 0 Å². The second kappa shape index (κ2) is 7.12. The molecule has 0 aliphatic carbocycles. The summed E-state index contributed by atoms with van der Waals surface area (Å²) in [5.41, 5.74) is 0.629. The molecule has 126 valence electrons. The smallest absolute Gasteiger partial charge is 0.339 e. The number of hydrogen-bond acceptors (Lipinski definition) is 3. The van der Waals surface area contributed by atoms with Gasteiger partial charge in [0.2, 0.25) is 0 Å². The number of nitrogens with one attached hydrogen (secondary N) is 2. The maximum atomic E-state index is 13.0. The molecule has 0 unspecified atom stereocenters. The van der Waals surface area contributed by atoms with Crippen molar-refractivity contribution in [1.29, 1.82) is 0 Å². The first kappa shape index (κ1) is 17.5. The molecule has 0 aliphatic heterocycles. The van der Waals surface area contributed by atoms with E-state index in [0.29, 0.717) is 5.69 Å². The molecule has 0 aliphatic rings. The van der Waals surface area contributed by atoms with Crippen molar-refractivity contribution in [2.24, 2.45) is 0 Å². The highest BCUT2D eigenvalue weighted by Crippen LogP contribution is 2.21. The number of rotatable bonds is 4. The van der Waals surface area contributed by atoms with Crippen LogP contribution in [-0.4, -0.2) is 19.1 Å². The van der Waals surface area contributed by atoms with Gasteiger partial charge in [-0.2, -0.15) is 0 Å². The monoisotopic (exact) mass is 330 g/mol. The fourth-order valence-electron chi connectivity index (χ4n) is 2.26. The molecule has 6 heteroatoms. The van der Waals surface area contributed by atoms with E-state index in [-0.39, 0.29) is 11.4 Å². The lowest BCUT2D eigenvalue weighted by molar-refractivity contribution is 0.0602. The van der Waals surface area contributed by atoms with Gasteiger partial charge in [0.1, 0.15) is 5.82 Å². The van der Waals surface area contributed by atoms with Crippen LogP contribution >= 0.6 is 0 Å². The fourth-order valence-corrected chi connectivity index (χ4v) is 2.26. The summed E-state index contributed by atoms with van der Waals surface area (Å²) in [6.07, 6.45) is 0. The number of carbonyl (C=O) groups is 2. The predicted octanol–water partition coefficient (Wildman–Crippen LogP) is 3.67. The third-order valence-corrected chi connectivity index (χ3v) is 3.57. The number of para-hydroxylation sites is 1. The molecule has 2 amide bonds. The molecule has 0 heterocycles. The number of amides is 2. The van der Waals surface area contributed by atoms with Crippen molar-refractivity contribution in [1.82, 2.24) is 5.32 Å². The minimum Gasteiger partial charge on any atom is -0.465 e. The maximum absolute atomic E-state index is 13.0. The third kappa shape index (κ3) is 4.10. The molecule has 0 spiro atoms. The second-order valence-electron chi connectivity index (χ2n) is 5.75. The van der Waals surface area contributed by atoms with E-state index in [9.17, 15) is 14.0 Å². The van der Waals surface area contributed by atoms with Crippen molar-refractivity contribution in [2.45, 2.75) is 19.4 Å². The molecule has 5 nitrogen and oxygen atoms in total. The van der Waals surface area contributed by atoms with Crippen molar-refractivity contribution < 1.29 is 18.7 Å². The highest BCUT2D eigenvalue weighted by Gasteiger charge is 2.23. The molecule has 0 fully saturated rings. The molecule has 2 N–H and O–H groups in total. The van der Waals surface area contributed by atoms with Gasteiger partial charge in [-0.05, 0) is 43.7 Å². The van der Waals surface area contributed by atoms with Gasteiger partial charge >= 0.3 is 12.0 Å². The standard InChI is InChI=1S/C18H19FN2O3/c1-18(2,12-8-10-13(19)11-9-12)21-17(23)20-15-7-5-4-6-14(15)16(22)24-3/h4-11H,1-3H3,(H2,20,21,23). The van der Waals surface area contributed by atoms with E-state index in [1.54, 1.807) is 50.2 Å². The molecule has 2 rings (SSSR count). The van der Waals surface area contributed by atoms with Gasteiger partial charge in [-0.25, -0.2) is 14.0 Å². The number of urea groups is 1. The van der Waals surface area contributed by atoms with Crippen LogP contribution in [0.2, 0.25) is 0 Å². The second-order valence-corrected chi connectivity index (χ2v) is 5.75. The number of ether oxygens (including phenoxy) is 1. The average molecular weight is 330 g/mol. The van der Waals surface area contributed by atoms with Gasteiger partial charge in [0.25, 0.3) is 0 Å². The van der Waals surface area contributed by atoms with Crippen molar-refractivity contribution in [2.75, 3.05) is 12.4 Å². The van der Waals surface area contributed by atoms with Gasteiger partial charge in [0.05, 0.1) is 23.9 Å². The topological polar surface area (TPSA) is 67.4 Å². The normalized spacial score (nSPS) is 10.8. The van der Waals surface area contributed by atoms with Crippen LogP contribution in [-0.2, 0) is 10.3 Å². The van der Waals surface area contributed by atoms with Crippen LogP contribution in [0.15, 0.2) is 48.5 Å². The van der Waals surface area contributed by atoms with E-state index in [4.69, 9.17) is 4.74 Å². The minimum atomic E-state index is -0.724.